The Bertz CT molecular complexity index is 253. The molecule has 0 aromatic carbocycles. The molecule has 0 aliphatic carbocycles. The van der Waals surface area contributed by atoms with Crippen molar-refractivity contribution < 1.29 is 14.2 Å². The van der Waals surface area contributed by atoms with Crippen LogP contribution in [0.2, 0.25) is 0 Å². The van der Waals surface area contributed by atoms with E-state index in [-0.39, 0.29) is 0 Å². The van der Waals surface area contributed by atoms with Gasteiger partial charge in [-0.25, -0.2) is 0 Å². The van der Waals surface area contributed by atoms with Crippen LogP contribution in [-0.4, -0.2) is 27.3 Å². The average molecular weight is 284 g/mol. The first-order valence-electron chi connectivity index (χ1n) is 7.54. The largest absolute Gasteiger partial charge is 0.330 e. The summed E-state index contributed by atoms with van der Waals surface area (Å²) in [5.74, 6) is -1.15. The Kier molecular flexibility index (Phi) is 9.82. The molecular weight excluding hydrogens is 252 g/mol. The first kappa shape index (κ1) is 19.4. The number of unbranched alkanes of at least 4 members (excludes halogenated alkanes) is 5. The number of rotatable bonds is 13. The Hall–Kier alpha value is -0.640. The second-order valence-electron chi connectivity index (χ2n) is 5.13. The molecule has 0 atom stereocenters. The van der Waals surface area contributed by atoms with E-state index in [4.69, 9.17) is 14.2 Å². The van der Waals surface area contributed by atoms with Crippen molar-refractivity contribution >= 4 is 0 Å². The third-order valence-corrected chi connectivity index (χ3v) is 4.05. The molecule has 0 aromatic rings. The fourth-order valence-corrected chi connectivity index (χ4v) is 2.71. The predicted molar refractivity (Wildman–Crippen MR) is 84.6 cm³/mol. The number of hydrogen-bond donors (Lipinski definition) is 0. The lowest BCUT2D eigenvalue weighted by Crippen LogP contribution is -2.51. The second-order valence-corrected chi connectivity index (χ2v) is 5.13. The van der Waals surface area contributed by atoms with Gasteiger partial charge >= 0.3 is 0 Å². The molecule has 0 rings (SSSR count). The highest BCUT2D eigenvalue weighted by molar-refractivity contribution is 5.11. The first-order chi connectivity index (χ1) is 9.61. The quantitative estimate of drug-likeness (QED) is 0.279. The summed E-state index contributed by atoms with van der Waals surface area (Å²) in [5, 5.41) is 0. The Labute approximate surface area is 125 Å². The van der Waals surface area contributed by atoms with Gasteiger partial charge in [-0.05, 0) is 6.42 Å². The zero-order valence-electron chi connectivity index (χ0n) is 13.7. The summed E-state index contributed by atoms with van der Waals surface area (Å²) in [5.41, 5.74) is -0.546. The molecule has 118 valence electrons. The maximum Gasteiger partial charge on any atom is 0.295 e. The van der Waals surface area contributed by atoms with Gasteiger partial charge in [-0.15, -0.1) is 13.2 Å². The minimum atomic E-state index is -1.15. The molecule has 0 saturated heterocycles. The lowest BCUT2D eigenvalue weighted by Gasteiger charge is -2.43. The molecule has 0 unspecified atom stereocenters. The molecule has 0 amide bonds. The normalized spacial score (nSPS) is 12.4. The maximum atomic E-state index is 5.49. The van der Waals surface area contributed by atoms with Gasteiger partial charge < -0.3 is 14.2 Å². The van der Waals surface area contributed by atoms with Crippen LogP contribution < -0.4 is 0 Å². The summed E-state index contributed by atoms with van der Waals surface area (Å²) in [6, 6.07) is 0. The summed E-state index contributed by atoms with van der Waals surface area (Å²) in [6.45, 7) is 10.1. The van der Waals surface area contributed by atoms with Crippen molar-refractivity contribution in [3.63, 3.8) is 0 Å². The summed E-state index contributed by atoms with van der Waals surface area (Å²) in [7, 11) is 4.74. The molecule has 0 saturated carbocycles. The zero-order chi connectivity index (χ0) is 15.5. The highest BCUT2D eigenvalue weighted by Gasteiger charge is 2.49. The summed E-state index contributed by atoms with van der Waals surface area (Å²) in [4.78, 5) is 0. The SMILES string of the molecule is C=CC(C=C)(CCCCCCCC)C(OC)(OC)OC. The second kappa shape index (κ2) is 10.1. The Balaban J connectivity index is 4.67. The van der Waals surface area contributed by atoms with Gasteiger partial charge in [-0.3, -0.25) is 0 Å². The van der Waals surface area contributed by atoms with E-state index in [9.17, 15) is 0 Å². The fraction of sp³-hybridized carbons (Fsp3) is 0.765. The van der Waals surface area contributed by atoms with Gasteiger partial charge in [0.1, 0.15) is 0 Å². The fourth-order valence-electron chi connectivity index (χ4n) is 2.71. The monoisotopic (exact) mass is 284 g/mol. The highest BCUT2D eigenvalue weighted by atomic mass is 16.9. The van der Waals surface area contributed by atoms with Crippen molar-refractivity contribution in [2.75, 3.05) is 21.3 Å². The van der Waals surface area contributed by atoms with Crippen LogP contribution >= 0.6 is 0 Å². The van der Waals surface area contributed by atoms with Crippen LogP contribution in [0, 0.1) is 5.41 Å². The van der Waals surface area contributed by atoms with Crippen LogP contribution in [0.15, 0.2) is 25.3 Å². The zero-order valence-corrected chi connectivity index (χ0v) is 13.7. The van der Waals surface area contributed by atoms with Crippen molar-refractivity contribution in [3.8, 4) is 0 Å². The van der Waals surface area contributed by atoms with Crippen molar-refractivity contribution in [2.45, 2.75) is 57.8 Å². The van der Waals surface area contributed by atoms with E-state index in [1.54, 1.807) is 21.3 Å². The van der Waals surface area contributed by atoms with E-state index in [0.717, 1.165) is 12.8 Å². The van der Waals surface area contributed by atoms with Crippen LogP contribution in [0.3, 0.4) is 0 Å². The lowest BCUT2D eigenvalue weighted by atomic mass is 9.79. The minimum absolute atomic E-state index is 0.546. The molecule has 0 radical (unpaired) electrons. The van der Waals surface area contributed by atoms with Gasteiger partial charge in [0.15, 0.2) is 0 Å². The van der Waals surface area contributed by atoms with Crippen LogP contribution in [0.1, 0.15) is 51.9 Å². The Morgan fingerprint density at radius 2 is 1.25 bits per heavy atom. The van der Waals surface area contributed by atoms with Crippen molar-refractivity contribution in [1.82, 2.24) is 0 Å². The van der Waals surface area contributed by atoms with E-state index >= 15 is 0 Å². The van der Waals surface area contributed by atoms with Gasteiger partial charge in [0.05, 0.1) is 5.41 Å². The van der Waals surface area contributed by atoms with E-state index < -0.39 is 11.4 Å². The van der Waals surface area contributed by atoms with E-state index in [1.165, 1.54) is 32.1 Å². The molecular formula is C17H32O3. The molecule has 0 heterocycles. The molecule has 0 fully saturated rings. The summed E-state index contributed by atoms with van der Waals surface area (Å²) >= 11 is 0. The van der Waals surface area contributed by atoms with Gasteiger partial charge in [-0.2, -0.15) is 0 Å². The molecule has 20 heavy (non-hydrogen) atoms. The highest BCUT2D eigenvalue weighted by Crippen LogP contribution is 2.42. The molecule has 0 spiro atoms. The van der Waals surface area contributed by atoms with Crippen LogP contribution in [0.4, 0.5) is 0 Å². The minimum Gasteiger partial charge on any atom is -0.330 e. The van der Waals surface area contributed by atoms with Crippen molar-refractivity contribution in [1.29, 1.82) is 0 Å². The van der Waals surface area contributed by atoms with E-state index in [1.807, 2.05) is 12.2 Å². The molecule has 3 heteroatoms. The van der Waals surface area contributed by atoms with Gasteiger partial charge in [0.2, 0.25) is 0 Å². The number of hydrogen-bond acceptors (Lipinski definition) is 3. The van der Waals surface area contributed by atoms with Crippen molar-refractivity contribution in [2.24, 2.45) is 5.41 Å². The Morgan fingerprint density at radius 3 is 1.65 bits per heavy atom. The number of ether oxygens (including phenoxy) is 3. The third-order valence-electron chi connectivity index (χ3n) is 4.05. The van der Waals surface area contributed by atoms with E-state index in [2.05, 4.69) is 20.1 Å². The van der Waals surface area contributed by atoms with Gasteiger partial charge in [0.25, 0.3) is 5.97 Å². The molecule has 0 aliphatic rings. The predicted octanol–water partition coefficient (Wildman–Crippen LogP) is 4.69. The van der Waals surface area contributed by atoms with Crippen molar-refractivity contribution in [3.05, 3.63) is 25.3 Å². The smallest absolute Gasteiger partial charge is 0.295 e. The summed E-state index contributed by atoms with van der Waals surface area (Å²) in [6.07, 6.45) is 11.9. The number of methoxy groups -OCH3 is 3. The van der Waals surface area contributed by atoms with Crippen LogP contribution in [-0.2, 0) is 14.2 Å². The molecule has 0 bridgehead atoms. The van der Waals surface area contributed by atoms with Gasteiger partial charge in [-0.1, -0.05) is 57.6 Å². The molecule has 0 N–H and O–H groups in total. The molecule has 3 nitrogen and oxygen atoms in total. The Morgan fingerprint density at radius 1 is 0.800 bits per heavy atom. The van der Waals surface area contributed by atoms with Gasteiger partial charge in [0, 0.05) is 21.3 Å². The van der Waals surface area contributed by atoms with Crippen LogP contribution in [0.25, 0.3) is 0 Å². The average Bonchev–Trinajstić information content (AvgIpc) is 2.50. The standard InChI is InChI=1S/C17H32O3/c1-7-10-11-12-13-14-15-16(8-2,9-3)17(18-4,19-5)20-6/h8-9H,2-3,7,10-15H2,1,4-6H3. The van der Waals surface area contributed by atoms with E-state index in [0.29, 0.717) is 0 Å². The summed E-state index contributed by atoms with van der Waals surface area (Å²) < 4.78 is 16.5. The van der Waals surface area contributed by atoms with Crippen LogP contribution in [0.5, 0.6) is 0 Å². The first-order valence-corrected chi connectivity index (χ1v) is 7.54. The molecule has 0 aromatic heterocycles. The molecule has 0 aliphatic heterocycles. The lowest BCUT2D eigenvalue weighted by molar-refractivity contribution is -0.389. The topological polar surface area (TPSA) is 27.7 Å². The third kappa shape index (κ3) is 4.44. The maximum absolute atomic E-state index is 5.49.